The van der Waals surface area contributed by atoms with Gasteiger partial charge in [0.1, 0.15) is 6.61 Å². The quantitative estimate of drug-likeness (QED) is 0.395. The van der Waals surface area contributed by atoms with Crippen LogP contribution in [0.25, 0.3) is 5.70 Å². The van der Waals surface area contributed by atoms with Crippen molar-refractivity contribution >= 4 is 11.8 Å². The lowest BCUT2D eigenvalue weighted by atomic mass is 9.84. The Labute approximate surface area is 191 Å². The zero-order valence-corrected chi connectivity index (χ0v) is 19.6. The normalized spacial score (nSPS) is 18.0. The van der Waals surface area contributed by atoms with Crippen LogP contribution in [0.15, 0.2) is 17.8 Å². The monoisotopic (exact) mass is 445 g/mol. The van der Waals surface area contributed by atoms with Gasteiger partial charge in [-0.25, -0.2) is 15.6 Å². The van der Waals surface area contributed by atoms with Crippen molar-refractivity contribution in [3.63, 3.8) is 0 Å². The van der Waals surface area contributed by atoms with Gasteiger partial charge in [-0.1, -0.05) is 44.6 Å². The molecule has 3 rings (SSSR count). The second-order valence-corrected chi connectivity index (χ2v) is 9.37. The Morgan fingerprint density at radius 2 is 1.81 bits per heavy atom. The van der Waals surface area contributed by atoms with Crippen molar-refractivity contribution in [2.24, 2.45) is 23.4 Å². The number of amides is 1. The number of carbonyl (C=O) groups is 1. The molecule has 0 bridgehead atoms. The number of aliphatic hydroxyl groups excluding tert-OH is 1. The highest BCUT2D eigenvalue weighted by Crippen LogP contribution is 2.29. The number of aliphatic hydroxyl groups is 1. The predicted octanol–water partition coefficient (Wildman–Crippen LogP) is 3.00. The van der Waals surface area contributed by atoms with Gasteiger partial charge in [0.15, 0.2) is 0 Å². The first-order valence-corrected chi connectivity index (χ1v) is 11.8. The lowest BCUT2D eigenvalue weighted by Gasteiger charge is -2.30. The lowest BCUT2D eigenvalue weighted by Crippen LogP contribution is -2.37. The van der Waals surface area contributed by atoms with E-state index in [4.69, 9.17) is 16.3 Å². The summed E-state index contributed by atoms with van der Waals surface area (Å²) in [4.78, 5) is 18.6. The zero-order chi connectivity index (χ0) is 23.1. The molecule has 0 aromatic carbocycles. The van der Waals surface area contributed by atoms with Crippen LogP contribution in [0.5, 0.6) is 0 Å². The van der Waals surface area contributed by atoms with Gasteiger partial charge in [-0.2, -0.15) is 0 Å². The van der Waals surface area contributed by atoms with Gasteiger partial charge in [0.2, 0.25) is 0 Å². The summed E-state index contributed by atoms with van der Waals surface area (Å²) < 4.78 is 5.47. The highest BCUT2D eigenvalue weighted by molar-refractivity contribution is 5.68. The number of aromatic nitrogens is 1. The molecule has 0 aliphatic heterocycles. The number of rotatable bonds is 9. The zero-order valence-electron chi connectivity index (χ0n) is 19.6. The predicted molar refractivity (Wildman–Crippen MR) is 125 cm³/mol. The van der Waals surface area contributed by atoms with Gasteiger partial charge in [0.25, 0.3) is 0 Å². The number of likely N-dealkylation sites (N-methyl/N-ethyl adjacent to an activating group) is 1. The van der Waals surface area contributed by atoms with Crippen LogP contribution in [0.2, 0.25) is 0 Å². The summed E-state index contributed by atoms with van der Waals surface area (Å²) >= 11 is 0. The molecule has 2 saturated carbocycles. The SMILES string of the molecule is CN(CC1CCC1)C(=O)OC/C(=C(/N)c1ccc(CC2CCCCC2)c(CO)n1)N(C)N. The molecule has 8 nitrogen and oxygen atoms in total. The van der Waals surface area contributed by atoms with Crippen molar-refractivity contribution in [3.8, 4) is 0 Å². The average Bonchev–Trinajstić information content (AvgIpc) is 2.76. The van der Waals surface area contributed by atoms with Crippen LogP contribution in [0.1, 0.15) is 68.3 Å². The van der Waals surface area contributed by atoms with Crippen LogP contribution in [-0.2, 0) is 17.8 Å². The second kappa shape index (κ2) is 11.5. The standard InChI is InChI=1S/C24H39N5O3/c1-28(14-18-9-6-10-18)24(31)32-16-22(29(2)26)23(25)20-12-11-19(21(15-30)27-20)13-17-7-4-3-5-8-17/h11-12,17-18,30H,3-10,13-16,25-26H2,1-2H3/b23-22-. The number of carbonyl (C=O) groups excluding carboxylic acids is 1. The first-order valence-electron chi connectivity index (χ1n) is 11.8. The molecule has 0 radical (unpaired) electrons. The van der Waals surface area contributed by atoms with Crippen molar-refractivity contribution < 1.29 is 14.6 Å². The molecule has 5 N–H and O–H groups in total. The third kappa shape index (κ3) is 6.36. The van der Waals surface area contributed by atoms with E-state index in [1.165, 1.54) is 43.5 Å². The molecule has 0 atom stereocenters. The van der Waals surface area contributed by atoms with Crippen molar-refractivity contribution in [2.75, 3.05) is 27.2 Å². The molecule has 1 aromatic heterocycles. The molecule has 1 heterocycles. The smallest absolute Gasteiger partial charge is 0.409 e. The maximum Gasteiger partial charge on any atom is 0.409 e. The van der Waals surface area contributed by atoms with E-state index in [9.17, 15) is 9.90 Å². The third-order valence-electron chi connectivity index (χ3n) is 6.87. The molecule has 178 valence electrons. The van der Waals surface area contributed by atoms with Crippen LogP contribution in [0.3, 0.4) is 0 Å². The summed E-state index contributed by atoms with van der Waals surface area (Å²) in [7, 11) is 3.40. The molecule has 2 fully saturated rings. The minimum atomic E-state index is -0.393. The Morgan fingerprint density at radius 3 is 2.41 bits per heavy atom. The van der Waals surface area contributed by atoms with E-state index in [2.05, 4.69) is 4.98 Å². The number of pyridine rings is 1. The Bertz CT molecular complexity index is 801. The fraction of sp³-hybridized carbons (Fsp3) is 0.667. The molecule has 2 aliphatic carbocycles. The third-order valence-corrected chi connectivity index (χ3v) is 6.87. The van der Waals surface area contributed by atoms with Crippen LogP contribution in [0.4, 0.5) is 4.79 Å². The fourth-order valence-electron chi connectivity index (χ4n) is 4.60. The van der Waals surface area contributed by atoms with Gasteiger partial charge in [-0.05, 0) is 42.7 Å². The van der Waals surface area contributed by atoms with Crippen molar-refractivity contribution in [1.82, 2.24) is 14.9 Å². The maximum atomic E-state index is 12.4. The molecule has 1 aromatic rings. The van der Waals surface area contributed by atoms with E-state index < -0.39 is 6.09 Å². The van der Waals surface area contributed by atoms with E-state index in [-0.39, 0.29) is 13.2 Å². The summed E-state index contributed by atoms with van der Waals surface area (Å²) in [5, 5.41) is 11.3. The van der Waals surface area contributed by atoms with Gasteiger partial charge in [0, 0.05) is 20.6 Å². The van der Waals surface area contributed by atoms with Crippen LogP contribution >= 0.6 is 0 Å². The molecule has 8 heteroatoms. The van der Waals surface area contributed by atoms with E-state index in [0.29, 0.717) is 41.2 Å². The number of nitrogens with zero attached hydrogens (tertiary/aromatic N) is 3. The van der Waals surface area contributed by atoms with Crippen molar-refractivity contribution in [2.45, 2.75) is 64.4 Å². The minimum absolute atomic E-state index is 0.0490. The highest BCUT2D eigenvalue weighted by Gasteiger charge is 2.23. The molecule has 2 aliphatic rings. The largest absolute Gasteiger partial charge is 0.443 e. The van der Waals surface area contributed by atoms with E-state index >= 15 is 0 Å². The van der Waals surface area contributed by atoms with Crippen molar-refractivity contribution in [3.05, 3.63) is 34.8 Å². The highest BCUT2D eigenvalue weighted by atomic mass is 16.6. The van der Waals surface area contributed by atoms with Crippen LogP contribution in [0, 0.1) is 11.8 Å². The summed E-state index contributed by atoms with van der Waals surface area (Å²) in [5.74, 6) is 7.20. The van der Waals surface area contributed by atoms with Crippen LogP contribution in [-0.4, -0.2) is 53.3 Å². The van der Waals surface area contributed by atoms with Gasteiger partial charge in [-0.3, -0.25) is 0 Å². The average molecular weight is 446 g/mol. The first-order chi connectivity index (χ1) is 15.4. The molecular weight excluding hydrogens is 406 g/mol. The molecule has 0 spiro atoms. The Kier molecular flexibility index (Phi) is 8.75. The van der Waals surface area contributed by atoms with Gasteiger partial charge < -0.3 is 25.5 Å². The summed E-state index contributed by atoms with van der Waals surface area (Å²) in [6.07, 6.45) is 10.4. The maximum absolute atomic E-state index is 12.4. The topological polar surface area (TPSA) is 118 Å². The number of hydrogen-bond acceptors (Lipinski definition) is 7. The van der Waals surface area contributed by atoms with Crippen LogP contribution < -0.4 is 11.6 Å². The van der Waals surface area contributed by atoms with Gasteiger partial charge in [0.05, 0.1) is 29.4 Å². The van der Waals surface area contributed by atoms with Crippen molar-refractivity contribution in [1.29, 1.82) is 0 Å². The Hall–Kier alpha value is -2.32. The van der Waals surface area contributed by atoms with E-state index in [1.54, 1.807) is 19.0 Å². The second-order valence-electron chi connectivity index (χ2n) is 9.37. The molecule has 1 amide bonds. The van der Waals surface area contributed by atoms with E-state index in [1.807, 2.05) is 12.1 Å². The number of ether oxygens (including phenoxy) is 1. The molecular formula is C24H39N5O3. The fourth-order valence-corrected chi connectivity index (χ4v) is 4.60. The van der Waals surface area contributed by atoms with Gasteiger partial charge in [-0.15, -0.1) is 0 Å². The summed E-state index contributed by atoms with van der Waals surface area (Å²) in [6, 6.07) is 3.86. The minimum Gasteiger partial charge on any atom is -0.443 e. The Balaban J connectivity index is 1.69. The molecule has 0 unspecified atom stereocenters. The number of nitrogens with two attached hydrogens (primary N) is 2. The molecule has 32 heavy (non-hydrogen) atoms. The first kappa shape index (κ1) is 24.3. The Morgan fingerprint density at radius 1 is 1.12 bits per heavy atom. The molecule has 0 saturated heterocycles. The summed E-state index contributed by atoms with van der Waals surface area (Å²) in [6.45, 7) is 0.514. The van der Waals surface area contributed by atoms with E-state index in [0.717, 1.165) is 24.8 Å². The lowest BCUT2D eigenvalue weighted by molar-refractivity contribution is 0.101. The number of hydrogen-bond donors (Lipinski definition) is 3. The number of hydrazine groups is 1. The van der Waals surface area contributed by atoms with Gasteiger partial charge >= 0.3 is 6.09 Å². The summed E-state index contributed by atoms with van der Waals surface area (Å²) in [5.41, 5.74) is 9.42.